The lowest BCUT2D eigenvalue weighted by atomic mass is 9.97. The first-order valence-corrected chi connectivity index (χ1v) is 12.2. The van der Waals surface area contributed by atoms with Crippen LogP contribution >= 0.6 is 0 Å². The second kappa shape index (κ2) is 26.3. The standard InChI is InChI=1S/C10H18O3.C10H20O.C5H10O2/c1-3-5-7-9(11)13-10(12)8-6-4-2;1-4-6-8-10(11)9(3)7-5-2;1-2-3-4-5(6)7/h3-8H2,1-2H3;9H,4-8H2,1-3H3;2-4H2,1H3,(H,6,7). The number of hydrogen-bond donors (Lipinski definition) is 1. The quantitative estimate of drug-likeness (QED) is 0.218. The Morgan fingerprint density at radius 3 is 1.35 bits per heavy atom. The first-order valence-electron chi connectivity index (χ1n) is 12.2. The van der Waals surface area contributed by atoms with Crippen LogP contribution in [0.1, 0.15) is 131 Å². The number of rotatable bonds is 15. The predicted molar refractivity (Wildman–Crippen MR) is 126 cm³/mol. The predicted octanol–water partition coefficient (Wildman–Crippen LogP) is 6.88. The molecule has 31 heavy (non-hydrogen) atoms. The third-order valence-corrected chi connectivity index (χ3v) is 4.49. The smallest absolute Gasteiger partial charge is 0.313 e. The summed E-state index contributed by atoms with van der Waals surface area (Å²) in [5, 5.41) is 8.04. The lowest BCUT2D eigenvalue weighted by molar-refractivity contribution is -0.159. The van der Waals surface area contributed by atoms with Gasteiger partial charge in [0.25, 0.3) is 0 Å². The van der Waals surface area contributed by atoms with Gasteiger partial charge in [0.15, 0.2) is 0 Å². The van der Waals surface area contributed by atoms with Gasteiger partial charge in [0.1, 0.15) is 5.78 Å². The highest BCUT2D eigenvalue weighted by Crippen LogP contribution is 2.10. The van der Waals surface area contributed by atoms with Crippen LogP contribution in [0.2, 0.25) is 0 Å². The third kappa shape index (κ3) is 30.6. The molecule has 0 radical (unpaired) electrons. The minimum atomic E-state index is -0.693. The van der Waals surface area contributed by atoms with Crippen LogP contribution < -0.4 is 0 Å². The van der Waals surface area contributed by atoms with Crippen LogP contribution in [0.15, 0.2) is 0 Å². The summed E-state index contributed by atoms with van der Waals surface area (Å²) in [6, 6.07) is 0. The SMILES string of the molecule is CCCCC(=O)C(C)CCC.CCCCC(=O)O.CCCCC(=O)OC(=O)CCCC. The lowest BCUT2D eigenvalue weighted by Crippen LogP contribution is -2.11. The van der Waals surface area contributed by atoms with Crippen LogP contribution in [0, 0.1) is 5.92 Å². The molecule has 0 aromatic heterocycles. The van der Waals surface area contributed by atoms with Gasteiger partial charge in [0.05, 0.1) is 0 Å². The van der Waals surface area contributed by atoms with Crippen molar-refractivity contribution in [2.24, 2.45) is 5.92 Å². The molecule has 6 nitrogen and oxygen atoms in total. The van der Waals surface area contributed by atoms with Crippen molar-refractivity contribution in [2.45, 2.75) is 131 Å². The first kappa shape index (κ1) is 33.9. The van der Waals surface area contributed by atoms with Crippen LogP contribution in [0.25, 0.3) is 0 Å². The van der Waals surface area contributed by atoms with Gasteiger partial charge in [-0.3, -0.25) is 19.2 Å². The molecule has 0 amide bonds. The van der Waals surface area contributed by atoms with Crippen molar-refractivity contribution in [1.29, 1.82) is 0 Å². The molecule has 0 fully saturated rings. The van der Waals surface area contributed by atoms with E-state index in [1.807, 2.05) is 27.7 Å². The molecule has 0 aliphatic carbocycles. The number of Topliss-reactive ketones (excluding diaryl/α,β-unsaturated/α-hetero) is 1. The maximum absolute atomic E-state index is 11.3. The van der Waals surface area contributed by atoms with E-state index in [1.54, 1.807) is 0 Å². The number of carboxylic acid groups (broad SMARTS) is 1. The van der Waals surface area contributed by atoms with Crippen LogP contribution in [0.5, 0.6) is 0 Å². The van der Waals surface area contributed by atoms with Crippen molar-refractivity contribution in [2.75, 3.05) is 0 Å². The fourth-order valence-corrected chi connectivity index (χ4v) is 2.39. The van der Waals surface area contributed by atoms with Crippen molar-refractivity contribution in [1.82, 2.24) is 0 Å². The van der Waals surface area contributed by atoms with Gasteiger partial charge in [-0.05, 0) is 32.1 Å². The van der Waals surface area contributed by atoms with Gasteiger partial charge in [-0.1, -0.05) is 73.6 Å². The number of esters is 2. The lowest BCUT2D eigenvalue weighted by Gasteiger charge is -2.07. The molecule has 6 heteroatoms. The van der Waals surface area contributed by atoms with E-state index in [2.05, 4.69) is 18.6 Å². The van der Waals surface area contributed by atoms with Gasteiger partial charge >= 0.3 is 17.9 Å². The molecular formula is C25H48O6. The molecule has 1 N–H and O–H groups in total. The molecule has 0 aromatic rings. The number of unbranched alkanes of at least 4 members (excludes halogenated alkanes) is 4. The molecule has 0 aliphatic rings. The summed E-state index contributed by atoms with van der Waals surface area (Å²) in [6.07, 6.45) is 11.4. The Balaban J connectivity index is -0.000000397. The third-order valence-electron chi connectivity index (χ3n) is 4.49. The van der Waals surface area contributed by atoms with Crippen molar-refractivity contribution in [3.8, 4) is 0 Å². The first-order chi connectivity index (χ1) is 14.7. The van der Waals surface area contributed by atoms with Crippen molar-refractivity contribution in [3.63, 3.8) is 0 Å². The molecule has 0 saturated carbocycles. The Labute approximate surface area is 190 Å². The summed E-state index contributed by atoms with van der Waals surface area (Å²) in [5.41, 5.74) is 0. The summed E-state index contributed by atoms with van der Waals surface area (Å²) in [6.45, 7) is 12.3. The Kier molecular flexibility index (Phi) is 28.8. The highest BCUT2D eigenvalue weighted by molar-refractivity contribution is 5.85. The van der Waals surface area contributed by atoms with E-state index in [4.69, 9.17) is 5.11 Å². The molecule has 0 rings (SSSR count). The van der Waals surface area contributed by atoms with E-state index in [9.17, 15) is 19.2 Å². The number of carboxylic acids is 1. The molecule has 1 atom stereocenters. The summed E-state index contributed by atoms with van der Waals surface area (Å²) >= 11 is 0. The van der Waals surface area contributed by atoms with Crippen LogP contribution in [-0.4, -0.2) is 28.8 Å². The maximum Gasteiger partial charge on any atom is 0.313 e. The van der Waals surface area contributed by atoms with Gasteiger partial charge in [0.2, 0.25) is 0 Å². The van der Waals surface area contributed by atoms with E-state index < -0.39 is 5.97 Å². The van der Waals surface area contributed by atoms with Gasteiger partial charge in [0, 0.05) is 31.6 Å². The second-order valence-electron chi connectivity index (χ2n) is 7.81. The van der Waals surface area contributed by atoms with E-state index in [0.717, 1.165) is 70.6 Å². The average molecular weight is 445 g/mol. The number of ether oxygens (including phenoxy) is 1. The molecule has 0 spiro atoms. The number of aliphatic carboxylic acids is 1. The summed E-state index contributed by atoms with van der Waals surface area (Å²) < 4.78 is 4.58. The molecule has 184 valence electrons. The molecular weight excluding hydrogens is 396 g/mol. The Morgan fingerprint density at radius 2 is 1.03 bits per heavy atom. The molecule has 1 unspecified atom stereocenters. The topological polar surface area (TPSA) is 97.7 Å². The maximum atomic E-state index is 11.3. The van der Waals surface area contributed by atoms with Crippen LogP contribution in [-0.2, 0) is 23.9 Å². The van der Waals surface area contributed by atoms with Crippen molar-refractivity contribution >= 4 is 23.7 Å². The fraction of sp³-hybridized carbons (Fsp3) is 0.840. The Bertz CT molecular complexity index is 441. The van der Waals surface area contributed by atoms with Gasteiger partial charge in [-0.2, -0.15) is 0 Å². The van der Waals surface area contributed by atoms with E-state index >= 15 is 0 Å². The Hall–Kier alpha value is -1.72. The summed E-state index contributed by atoms with van der Waals surface area (Å²) in [5.74, 6) is -0.715. The summed E-state index contributed by atoms with van der Waals surface area (Å²) in [4.78, 5) is 42.9. The minimum absolute atomic E-state index is 0.298. The zero-order valence-corrected chi connectivity index (χ0v) is 21.0. The van der Waals surface area contributed by atoms with Crippen LogP contribution in [0.4, 0.5) is 0 Å². The number of carbonyl (C=O) groups is 4. The molecule has 0 heterocycles. The average Bonchev–Trinajstić information content (AvgIpc) is 2.74. The van der Waals surface area contributed by atoms with E-state index in [-0.39, 0.29) is 11.9 Å². The number of ketones is 1. The highest BCUT2D eigenvalue weighted by atomic mass is 16.6. The zero-order chi connectivity index (χ0) is 24.5. The zero-order valence-electron chi connectivity index (χ0n) is 21.0. The number of hydrogen-bond acceptors (Lipinski definition) is 5. The number of carbonyl (C=O) groups excluding carboxylic acids is 3. The van der Waals surface area contributed by atoms with E-state index in [0.29, 0.717) is 31.0 Å². The molecule has 0 bridgehead atoms. The van der Waals surface area contributed by atoms with Gasteiger partial charge in [-0.25, -0.2) is 0 Å². The fourth-order valence-electron chi connectivity index (χ4n) is 2.39. The van der Waals surface area contributed by atoms with Gasteiger partial charge in [-0.15, -0.1) is 0 Å². The van der Waals surface area contributed by atoms with E-state index in [1.165, 1.54) is 0 Å². The second-order valence-corrected chi connectivity index (χ2v) is 7.81. The Morgan fingerprint density at radius 1 is 0.645 bits per heavy atom. The highest BCUT2D eigenvalue weighted by Gasteiger charge is 2.10. The normalized spacial score (nSPS) is 10.6. The molecule has 0 aliphatic heterocycles. The largest absolute Gasteiger partial charge is 0.481 e. The summed E-state index contributed by atoms with van der Waals surface area (Å²) in [7, 11) is 0. The molecule has 0 aromatic carbocycles. The van der Waals surface area contributed by atoms with Crippen LogP contribution in [0.3, 0.4) is 0 Å². The molecule has 0 saturated heterocycles. The minimum Gasteiger partial charge on any atom is -0.481 e. The van der Waals surface area contributed by atoms with Crippen molar-refractivity contribution < 1.29 is 29.0 Å². The monoisotopic (exact) mass is 444 g/mol. The van der Waals surface area contributed by atoms with Gasteiger partial charge < -0.3 is 9.84 Å². The van der Waals surface area contributed by atoms with Crippen molar-refractivity contribution in [3.05, 3.63) is 0 Å².